The molecule has 3 heteroatoms. The van der Waals surface area contributed by atoms with Gasteiger partial charge in [-0.2, -0.15) is 0 Å². The number of rotatable bonds is 3. The van der Waals surface area contributed by atoms with Gasteiger partial charge in [-0.25, -0.2) is 0 Å². The SMILES string of the molecule is Cc1cccc(ONC2CCCO2)c1. The van der Waals surface area contributed by atoms with E-state index in [-0.39, 0.29) is 6.23 Å². The second-order valence-corrected chi connectivity index (χ2v) is 3.54. The summed E-state index contributed by atoms with van der Waals surface area (Å²) < 4.78 is 5.37. The highest BCUT2D eigenvalue weighted by atomic mass is 16.7. The lowest BCUT2D eigenvalue weighted by molar-refractivity contribution is -0.00169. The topological polar surface area (TPSA) is 30.5 Å². The maximum atomic E-state index is 5.40. The Morgan fingerprint density at radius 1 is 1.50 bits per heavy atom. The van der Waals surface area contributed by atoms with Gasteiger partial charge in [-0.15, -0.1) is 5.48 Å². The number of aryl methyl sites for hydroxylation is 1. The zero-order valence-corrected chi connectivity index (χ0v) is 8.32. The predicted molar refractivity (Wildman–Crippen MR) is 53.9 cm³/mol. The molecule has 0 amide bonds. The minimum Gasteiger partial charge on any atom is -0.406 e. The molecule has 0 bridgehead atoms. The molecule has 76 valence electrons. The van der Waals surface area contributed by atoms with E-state index in [9.17, 15) is 0 Å². The molecule has 1 fully saturated rings. The third-order valence-corrected chi connectivity index (χ3v) is 2.23. The van der Waals surface area contributed by atoms with Gasteiger partial charge < -0.3 is 9.57 Å². The van der Waals surface area contributed by atoms with Crippen molar-refractivity contribution in [3.63, 3.8) is 0 Å². The molecule has 1 unspecified atom stereocenters. The Kier molecular flexibility index (Phi) is 3.01. The smallest absolute Gasteiger partial charge is 0.147 e. The van der Waals surface area contributed by atoms with Gasteiger partial charge in [-0.3, -0.25) is 0 Å². The summed E-state index contributed by atoms with van der Waals surface area (Å²) in [4.78, 5) is 5.40. The molecule has 2 rings (SSSR count). The van der Waals surface area contributed by atoms with Gasteiger partial charge in [-0.1, -0.05) is 12.1 Å². The molecule has 1 aromatic carbocycles. The zero-order chi connectivity index (χ0) is 9.80. The van der Waals surface area contributed by atoms with Crippen molar-refractivity contribution in [2.24, 2.45) is 0 Å². The Bertz CT molecular complexity index is 295. The molecule has 14 heavy (non-hydrogen) atoms. The first-order valence-corrected chi connectivity index (χ1v) is 4.95. The predicted octanol–water partition coefficient (Wildman–Crippen LogP) is 2.01. The van der Waals surface area contributed by atoms with Crippen LogP contribution in [0, 0.1) is 6.92 Å². The van der Waals surface area contributed by atoms with Crippen LogP contribution in [0.4, 0.5) is 0 Å². The molecule has 1 aliphatic rings. The zero-order valence-electron chi connectivity index (χ0n) is 8.32. The van der Waals surface area contributed by atoms with E-state index in [1.54, 1.807) is 0 Å². The third kappa shape index (κ3) is 2.47. The summed E-state index contributed by atoms with van der Waals surface area (Å²) in [6, 6.07) is 7.93. The molecular weight excluding hydrogens is 178 g/mol. The lowest BCUT2D eigenvalue weighted by Crippen LogP contribution is -2.31. The second-order valence-electron chi connectivity index (χ2n) is 3.54. The van der Waals surface area contributed by atoms with Crippen LogP contribution < -0.4 is 10.3 Å². The fourth-order valence-electron chi connectivity index (χ4n) is 1.48. The average Bonchev–Trinajstić information content (AvgIpc) is 2.67. The molecule has 1 atom stereocenters. The number of benzene rings is 1. The summed E-state index contributed by atoms with van der Waals surface area (Å²) in [6.45, 7) is 2.87. The minimum atomic E-state index is 0.0514. The number of nitrogens with one attached hydrogen (secondary N) is 1. The Morgan fingerprint density at radius 2 is 2.43 bits per heavy atom. The van der Waals surface area contributed by atoms with E-state index in [0.717, 1.165) is 25.2 Å². The standard InChI is InChI=1S/C11H15NO2/c1-9-4-2-5-10(8-9)14-12-11-6-3-7-13-11/h2,4-5,8,11-12H,3,6-7H2,1H3. The number of hydrogen-bond acceptors (Lipinski definition) is 3. The minimum absolute atomic E-state index is 0.0514. The summed E-state index contributed by atoms with van der Waals surface area (Å²) in [6.07, 6.45) is 2.18. The van der Waals surface area contributed by atoms with Crippen molar-refractivity contribution >= 4 is 0 Å². The molecule has 1 aliphatic heterocycles. The molecular formula is C11H15NO2. The van der Waals surface area contributed by atoms with Crippen LogP contribution in [0.15, 0.2) is 24.3 Å². The Labute approximate surface area is 84.0 Å². The molecule has 0 aromatic heterocycles. The lowest BCUT2D eigenvalue weighted by Gasteiger charge is -2.12. The molecule has 1 heterocycles. The van der Waals surface area contributed by atoms with E-state index in [4.69, 9.17) is 9.57 Å². The van der Waals surface area contributed by atoms with Gasteiger partial charge in [0.1, 0.15) is 12.0 Å². The molecule has 0 radical (unpaired) electrons. The number of hydroxylamine groups is 1. The van der Waals surface area contributed by atoms with Crippen molar-refractivity contribution in [3.05, 3.63) is 29.8 Å². The molecule has 1 saturated heterocycles. The Balaban J connectivity index is 1.85. The summed E-state index contributed by atoms with van der Waals surface area (Å²) >= 11 is 0. The first kappa shape index (κ1) is 9.49. The van der Waals surface area contributed by atoms with Gasteiger partial charge in [0.25, 0.3) is 0 Å². The quantitative estimate of drug-likeness (QED) is 0.745. The fraction of sp³-hybridized carbons (Fsp3) is 0.455. The van der Waals surface area contributed by atoms with Gasteiger partial charge >= 0.3 is 0 Å². The normalized spacial score (nSPS) is 21.1. The van der Waals surface area contributed by atoms with Crippen molar-refractivity contribution in [1.29, 1.82) is 0 Å². The second kappa shape index (κ2) is 4.44. The highest BCUT2D eigenvalue weighted by molar-refractivity contribution is 5.27. The summed E-state index contributed by atoms with van der Waals surface area (Å²) in [5, 5.41) is 0. The summed E-state index contributed by atoms with van der Waals surface area (Å²) in [5.41, 5.74) is 4.09. The van der Waals surface area contributed by atoms with Crippen LogP contribution >= 0.6 is 0 Å². The maximum Gasteiger partial charge on any atom is 0.147 e. The van der Waals surface area contributed by atoms with Crippen LogP contribution in [-0.4, -0.2) is 12.8 Å². The van der Waals surface area contributed by atoms with Crippen molar-refractivity contribution in [2.45, 2.75) is 26.0 Å². The fourth-order valence-corrected chi connectivity index (χ4v) is 1.48. The largest absolute Gasteiger partial charge is 0.406 e. The monoisotopic (exact) mass is 193 g/mol. The highest BCUT2D eigenvalue weighted by Gasteiger charge is 2.15. The summed E-state index contributed by atoms with van der Waals surface area (Å²) in [7, 11) is 0. The lowest BCUT2D eigenvalue weighted by atomic mass is 10.2. The van der Waals surface area contributed by atoms with Crippen LogP contribution in [0.1, 0.15) is 18.4 Å². The van der Waals surface area contributed by atoms with Gasteiger partial charge in [0.15, 0.2) is 0 Å². The molecule has 0 saturated carbocycles. The van der Waals surface area contributed by atoms with Crippen LogP contribution in [0.5, 0.6) is 5.75 Å². The van der Waals surface area contributed by atoms with Gasteiger partial charge in [0.05, 0.1) is 0 Å². The van der Waals surface area contributed by atoms with Crippen molar-refractivity contribution in [3.8, 4) is 5.75 Å². The first-order chi connectivity index (χ1) is 6.84. The number of ether oxygens (including phenoxy) is 1. The third-order valence-electron chi connectivity index (χ3n) is 2.23. The van der Waals surface area contributed by atoms with Gasteiger partial charge in [0.2, 0.25) is 0 Å². The van der Waals surface area contributed by atoms with Gasteiger partial charge in [0, 0.05) is 6.61 Å². The molecule has 1 aromatic rings. The number of hydrogen-bond donors (Lipinski definition) is 1. The van der Waals surface area contributed by atoms with Crippen molar-refractivity contribution in [2.75, 3.05) is 6.61 Å². The first-order valence-electron chi connectivity index (χ1n) is 4.95. The molecule has 0 aliphatic carbocycles. The van der Waals surface area contributed by atoms with Crippen molar-refractivity contribution < 1.29 is 9.57 Å². The molecule has 1 N–H and O–H groups in total. The Hall–Kier alpha value is -1.06. The van der Waals surface area contributed by atoms with Crippen LogP contribution in [0.2, 0.25) is 0 Å². The highest BCUT2D eigenvalue weighted by Crippen LogP contribution is 2.13. The van der Waals surface area contributed by atoms with E-state index < -0.39 is 0 Å². The van der Waals surface area contributed by atoms with E-state index in [1.165, 1.54) is 5.56 Å². The molecule has 0 spiro atoms. The summed E-state index contributed by atoms with van der Waals surface area (Å²) in [5.74, 6) is 0.834. The Morgan fingerprint density at radius 3 is 3.14 bits per heavy atom. The van der Waals surface area contributed by atoms with Gasteiger partial charge in [-0.05, 0) is 37.5 Å². The van der Waals surface area contributed by atoms with Crippen LogP contribution in [0.25, 0.3) is 0 Å². The van der Waals surface area contributed by atoms with Crippen molar-refractivity contribution in [1.82, 2.24) is 5.48 Å². The van der Waals surface area contributed by atoms with Crippen LogP contribution in [-0.2, 0) is 4.74 Å². The maximum absolute atomic E-state index is 5.40. The van der Waals surface area contributed by atoms with E-state index >= 15 is 0 Å². The average molecular weight is 193 g/mol. The van der Waals surface area contributed by atoms with E-state index in [2.05, 4.69) is 5.48 Å². The van der Waals surface area contributed by atoms with E-state index in [0.29, 0.717) is 0 Å². The molecule has 3 nitrogen and oxygen atoms in total. The van der Waals surface area contributed by atoms with E-state index in [1.807, 2.05) is 31.2 Å². The van der Waals surface area contributed by atoms with Crippen LogP contribution in [0.3, 0.4) is 0 Å².